The van der Waals surface area contributed by atoms with Crippen molar-refractivity contribution in [1.82, 2.24) is 10.3 Å². The molecule has 1 aromatic rings. The largest absolute Gasteiger partial charge is 0.358 e. The predicted octanol–water partition coefficient (Wildman–Crippen LogP) is 0.370. The van der Waals surface area contributed by atoms with Crippen molar-refractivity contribution < 1.29 is 4.79 Å². The molecule has 0 saturated heterocycles. The number of hydrogen-bond donors (Lipinski definition) is 1. The summed E-state index contributed by atoms with van der Waals surface area (Å²) in [4.78, 5) is 13.8. The first-order valence-electron chi connectivity index (χ1n) is 3.49. The molecule has 0 saturated carbocycles. The maximum Gasteiger partial charge on any atom is 0.207 e. The molecule has 1 heterocycles. The molecule has 1 aromatic heterocycles. The number of pyridine rings is 1. The Labute approximate surface area is 65.5 Å². The Morgan fingerprint density at radius 1 is 1.45 bits per heavy atom. The van der Waals surface area contributed by atoms with Gasteiger partial charge in [-0.1, -0.05) is 0 Å². The molecule has 0 unspecified atom stereocenters. The van der Waals surface area contributed by atoms with E-state index in [1.807, 2.05) is 12.1 Å². The van der Waals surface area contributed by atoms with E-state index in [-0.39, 0.29) is 0 Å². The Bertz CT molecular complexity index is 211. The van der Waals surface area contributed by atoms with Crippen LogP contribution in [0, 0.1) is 0 Å². The molecule has 1 rings (SSSR count). The molecule has 0 atom stereocenters. The van der Waals surface area contributed by atoms with E-state index in [1.165, 1.54) is 5.56 Å². The summed E-state index contributed by atoms with van der Waals surface area (Å²) in [5.41, 5.74) is 1.19. The molecule has 58 valence electrons. The van der Waals surface area contributed by atoms with Crippen LogP contribution in [0.5, 0.6) is 0 Å². The second kappa shape index (κ2) is 4.44. The van der Waals surface area contributed by atoms with Crippen molar-refractivity contribution in [3.63, 3.8) is 0 Å². The highest BCUT2D eigenvalue weighted by Crippen LogP contribution is 1.95. The molecule has 0 fully saturated rings. The fourth-order valence-corrected chi connectivity index (χ4v) is 0.825. The van der Waals surface area contributed by atoms with Gasteiger partial charge in [0.05, 0.1) is 0 Å². The van der Waals surface area contributed by atoms with Crippen molar-refractivity contribution in [3.05, 3.63) is 30.1 Å². The van der Waals surface area contributed by atoms with Gasteiger partial charge in [0, 0.05) is 18.9 Å². The molecule has 0 aromatic carbocycles. The number of nitrogens with one attached hydrogen (secondary N) is 1. The standard InChI is InChI=1S/C8H10N2O/c11-7-10-6-3-8-1-4-9-5-2-8/h1-2,4-5,7H,3,6H2,(H,10,11). The number of nitrogens with zero attached hydrogens (tertiary/aromatic N) is 1. The molecule has 0 aliphatic carbocycles. The number of carbonyl (C=O) groups excluding carboxylic acids is 1. The minimum Gasteiger partial charge on any atom is -0.358 e. The van der Waals surface area contributed by atoms with Crippen molar-refractivity contribution >= 4 is 6.41 Å². The van der Waals surface area contributed by atoms with E-state index in [9.17, 15) is 4.79 Å². The lowest BCUT2D eigenvalue weighted by atomic mass is 10.2. The van der Waals surface area contributed by atoms with Crippen LogP contribution in [0.4, 0.5) is 0 Å². The summed E-state index contributed by atoms with van der Waals surface area (Å²) in [6.45, 7) is 0.688. The van der Waals surface area contributed by atoms with Crippen LogP contribution in [-0.2, 0) is 11.2 Å². The summed E-state index contributed by atoms with van der Waals surface area (Å²) in [6, 6.07) is 3.87. The molecule has 0 bridgehead atoms. The van der Waals surface area contributed by atoms with E-state index in [0.717, 1.165) is 6.42 Å². The first kappa shape index (κ1) is 7.72. The normalized spacial score (nSPS) is 9.09. The number of rotatable bonds is 4. The lowest BCUT2D eigenvalue weighted by Gasteiger charge is -1.97. The first-order chi connectivity index (χ1) is 5.43. The third kappa shape index (κ3) is 2.80. The molecule has 0 aliphatic heterocycles. The van der Waals surface area contributed by atoms with Gasteiger partial charge in [0.15, 0.2) is 0 Å². The maximum atomic E-state index is 9.87. The Morgan fingerprint density at radius 2 is 2.18 bits per heavy atom. The van der Waals surface area contributed by atoms with E-state index in [2.05, 4.69) is 10.3 Å². The summed E-state index contributed by atoms with van der Waals surface area (Å²) in [6.07, 6.45) is 5.06. The number of amides is 1. The Balaban J connectivity index is 2.33. The highest BCUT2D eigenvalue weighted by Gasteiger charge is 1.88. The van der Waals surface area contributed by atoms with Crippen LogP contribution in [0.15, 0.2) is 24.5 Å². The summed E-state index contributed by atoms with van der Waals surface area (Å²) in [5, 5.41) is 2.60. The highest BCUT2D eigenvalue weighted by atomic mass is 16.1. The van der Waals surface area contributed by atoms with Crippen LogP contribution < -0.4 is 5.32 Å². The van der Waals surface area contributed by atoms with E-state index in [4.69, 9.17) is 0 Å². The molecule has 11 heavy (non-hydrogen) atoms. The molecule has 1 N–H and O–H groups in total. The van der Waals surface area contributed by atoms with Crippen LogP contribution in [-0.4, -0.2) is 17.9 Å². The van der Waals surface area contributed by atoms with Gasteiger partial charge in [0.1, 0.15) is 0 Å². The quantitative estimate of drug-likeness (QED) is 0.497. The number of hydrogen-bond acceptors (Lipinski definition) is 2. The third-order valence-electron chi connectivity index (χ3n) is 1.39. The maximum absolute atomic E-state index is 9.87. The lowest BCUT2D eigenvalue weighted by Crippen LogP contribution is -2.14. The summed E-state index contributed by atoms with van der Waals surface area (Å²) < 4.78 is 0. The monoisotopic (exact) mass is 150 g/mol. The molecular weight excluding hydrogens is 140 g/mol. The zero-order valence-electron chi connectivity index (χ0n) is 6.16. The third-order valence-corrected chi connectivity index (χ3v) is 1.39. The molecule has 0 spiro atoms. The van der Waals surface area contributed by atoms with Crippen molar-refractivity contribution in [2.45, 2.75) is 6.42 Å². The number of carbonyl (C=O) groups is 1. The predicted molar refractivity (Wildman–Crippen MR) is 42.0 cm³/mol. The zero-order valence-corrected chi connectivity index (χ0v) is 6.16. The smallest absolute Gasteiger partial charge is 0.207 e. The van der Waals surface area contributed by atoms with Crippen molar-refractivity contribution in [2.24, 2.45) is 0 Å². The topological polar surface area (TPSA) is 42.0 Å². The molecule has 0 radical (unpaired) electrons. The van der Waals surface area contributed by atoms with E-state index >= 15 is 0 Å². The molecular formula is C8H10N2O. The zero-order chi connectivity index (χ0) is 7.94. The van der Waals surface area contributed by atoms with Gasteiger partial charge in [-0.05, 0) is 24.1 Å². The average Bonchev–Trinajstić information content (AvgIpc) is 2.07. The Kier molecular flexibility index (Phi) is 3.12. The lowest BCUT2D eigenvalue weighted by molar-refractivity contribution is -0.109. The van der Waals surface area contributed by atoms with Crippen molar-refractivity contribution in [2.75, 3.05) is 6.54 Å². The van der Waals surface area contributed by atoms with Crippen molar-refractivity contribution in [3.8, 4) is 0 Å². The summed E-state index contributed by atoms with van der Waals surface area (Å²) in [5.74, 6) is 0. The van der Waals surface area contributed by atoms with Gasteiger partial charge in [-0.3, -0.25) is 9.78 Å². The summed E-state index contributed by atoms with van der Waals surface area (Å²) >= 11 is 0. The first-order valence-corrected chi connectivity index (χ1v) is 3.49. The SMILES string of the molecule is O=CNCCc1ccncc1. The van der Waals surface area contributed by atoms with Gasteiger partial charge in [-0.15, -0.1) is 0 Å². The summed E-state index contributed by atoms with van der Waals surface area (Å²) in [7, 11) is 0. The highest BCUT2D eigenvalue weighted by molar-refractivity contribution is 5.45. The minimum absolute atomic E-state index is 0.688. The van der Waals surface area contributed by atoms with Gasteiger partial charge < -0.3 is 5.32 Å². The van der Waals surface area contributed by atoms with Crippen LogP contribution in [0.2, 0.25) is 0 Å². The number of aromatic nitrogens is 1. The Morgan fingerprint density at radius 3 is 2.82 bits per heavy atom. The molecule has 0 aliphatic rings. The van der Waals surface area contributed by atoms with Gasteiger partial charge in [0.2, 0.25) is 6.41 Å². The van der Waals surface area contributed by atoms with Gasteiger partial charge >= 0.3 is 0 Å². The van der Waals surface area contributed by atoms with Crippen LogP contribution in [0.3, 0.4) is 0 Å². The fourth-order valence-electron chi connectivity index (χ4n) is 0.825. The van der Waals surface area contributed by atoms with E-state index in [1.54, 1.807) is 12.4 Å². The minimum atomic E-state index is 0.688. The molecule has 3 heteroatoms. The molecule has 1 amide bonds. The van der Waals surface area contributed by atoms with E-state index in [0.29, 0.717) is 13.0 Å². The second-order valence-corrected chi connectivity index (χ2v) is 2.18. The van der Waals surface area contributed by atoms with E-state index < -0.39 is 0 Å². The molecule has 3 nitrogen and oxygen atoms in total. The van der Waals surface area contributed by atoms with Gasteiger partial charge in [-0.25, -0.2) is 0 Å². The van der Waals surface area contributed by atoms with Crippen LogP contribution in [0.25, 0.3) is 0 Å². The average molecular weight is 150 g/mol. The van der Waals surface area contributed by atoms with Crippen molar-refractivity contribution in [1.29, 1.82) is 0 Å². The second-order valence-electron chi connectivity index (χ2n) is 2.18. The van der Waals surface area contributed by atoms with Gasteiger partial charge in [-0.2, -0.15) is 0 Å². The van der Waals surface area contributed by atoms with Crippen LogP contribution in [0.1, 0.15) is 5.56 Å². The van der Waals surface area contributed by atoms with Gasteiger partial charge in [0.25, 0.3) is 0 Å². The Hall–Kier alpha value is -1.38. The fraction of sp³-hybridized carbons (Fsp3) is 0.250. The van der Waals surface area contributed by atoms with Crippen LogP contribution >= 0.6 is 0 Å².